The lowest BCUT2D eigenvalue weighted by molar-refractivity contribution is -0.123. The van der Waals surface area contributed by atoms with Gasteiger partial charge in [0, 0.05) is 0 Å². The molecule has 0 saturated carbocycles. The van der Waals surface area contributed by atoms with Crippen molar-refractivity contribution < 1.29 is 17.6 Å². The number of carbonyl (C=O) groups excluding carboxylic acids is 1. The summed E-state index contributed by atoms with van der Waals surface area (Å²) in [5.74, 6) is 0.388. The Morgan fingerprint density at radius 2 is 1.92 bits per heavy atom. The predicted octanol–water partition coefficient (Wildman–Crippen LogP) is 2.91. The molecule has 0 radical (unpaired) electrons. The molecular weight excluding hydrogens is 352 g/mol. The molecule has 142 valence electrons. The number of carbonyl (C=O) groups is 1. The Hall–Kier alpha value is -2.12. The van der Waals surface area contributed by atoms with Crippen molar-refractivity contribution >= 4 is 15.9 Å². The van der Waals surface area contributed by atoms with Gasteiger partial charge in [0.2, 0.25) is 15.9 Å². The van der Waals surface area contributed by atoms with E-state index in [0.29, 0.717) is 17.7 Å². The number of amides is 1. The average Bonchev–Trinajstić information content (AvgIpc) is 3.04. The van der Waals surface area contributed by atoms with Gasteiger partial charge in [-0.2, -0.15) is 4.72 Å². The zero-order valence-corrected chi connectivity index (χ0v) is 16.4. The van der Waals surface area contributed by atoms with Gasteiger partial charge in [-0.25, -0.2) is 8.42 Å². The van der Waals surface area contributed by atoms with Crippen LogP contribution < -0.4 is 10.0 Å². The molecule has 26 heavy (non-hydrogen) atoms. The molecule has 0 aliphatic carbocycles. The van der Waals surface area contributed by atoms with Gasteiger partial charge in [-0.05, 0) is 49.9 Å². The van der Waals surface area contributed by atoms with Crippen LogP contribution in [0.25, 0.3) is 0 Å². The van der Waals surface area contributed by atoms with Crippen molar-refractivity contribution in [3.05, 3.63) is 53.5 Å². The fourth-order valence-corrected chi connectivity index (χ4v) is 4.18. The predicted molar refractivity (Wildman–Crippen MR) is 100 cm³/mol. The van der Waals surface area contributed by atoms with Crippen LogP contribution in [-0.4, -0.2) is 20.4 Å². The van der Waals surface area contributed by atoms with Crippen LogP contribution in [0.15, 0.2) is 45.9 Å². The summed E-state index contributed by atoms with van der Waals surface area (Å²) in [7, 11) is -3.80. The summed E-state index contributed by atoms with van der Waals surface area (Å²) in [6.07, 6.45) is 1.92. The normalized spacial score (nSPS) is 13.0. The Labute approximate surface area is 155 Å². The molecule has 0 unspecified atom stereocenters. The molecule has 0 bridgehead atoms. The number of benzene rings is 1. The molecule has 1 aromatic carbocycles. The summed E-state index contributed by atoms with van der Waals surface area (Å²) < 4.78 is 33.3. The summed E-state index contributed by atoms with van der Waals surface area (Å²) in [5.41, 5.74) is 1.63. The highest BCUT2D eigenvalue weighted by atomic mass is 32.2. The number of hydrogen-bond acceptors (Lipinski definition) is 4. The van der Waals surface area contributed by atoms with Crippen LogP contribution in [0, 0.1) is 19.8 Å². The average molecular weight is 378 g/mol. The van der Waals surface area contributed by atoms with E-state index in [1.54, 1.807) is 31.2 Å². The van der Waals surface area contributed by atoms with Crippen molar-refractivity contribution in [2.75, 3.05) is 0 Å². The lowest BCUT2D eigenvalue weighted by Gasteiger charge is -2.20. The van der Waals surface area contributed by atoms with E-state index < -0.39 is 16.1 Å². The molecule has 1 amide bonds. The number of nitrogens with one attached hydrogen (secondary N) is 2. The molecule has 2 rings (SSSR count). The smallest absolute Gasteiger partial charge is 0.241 e. The van der Waals surface area contributed by atoms with Gasteiger partial charge >= 0.3 is 0 Å². The number of furan rings is 1. The lowest BCUT2D eigenvalue weighted by Crippen LogP contribution is -2.47. The van der Waals surface area contributed by atoms with Crippen molar-refractivity contribution in [3.63, 3.8) is 0 Å². The molecule has 0 fully saturated rings. The lowest BCUT2D eigenvalue weighted by atomic mass is 10.0. The third-order valence-corrected chi connectivity index (χ3v) is 5.59. The molecule has 0 saturated heterocycles. The van der Waals surface area contributed by atoms with E-state index in [4.69, 9.17) is 4.42 Å². The first-order valence-corrected chi connectivity index (χ1v) is 10.1. The summed E-state index contributed by atoms with van der Waals surface area (Å²) in [4.78, 5) is 12.7. The number of aryl methyl sites for hydroxylation is 2. The van der Waals surface area contributed by atoms with Gasteiger partial charge in [-0.1, -0.05) is 31.5 Å². The Morgan fingerprint density at radius 1 is 1.19 bits per heavy atom. The van der Waals surface area contributed by atoms with Gasteiger partial charge in [0.1, 0.15) is 11.8 Å². The van der Waals surface area contributed by atoms with Gasteiger partial charge in [-0.3, -0.25) is 4.79 Å². The van der Waals surface area contributed by atoms with Crippen LogP contribution >= 0.6 is 0 Å². The minimum absolute atomic E-state index is 0.149. The minimum Gasteiger partial charge on any atom is -0.467 e. The van der Waals surface area contributed by atoms with Crippen LogP contribution in [0.3, 0.4) is 0 Å². The van der Waals surface area contributed by atoms with E-state index in [1.807, 2.05) is 26.8 Å². The molecule has 0 aliphatic heterocycles. The van der Waals surface area contributed by atoms with E-state index in [-0.39, 0.29) is 23.3 Å². The Kier molecular flexibility index (Phi) is 6.61. The molecule has 0 spiro atoms. The van der Waals surface area contributed by atoms with E-state index in [2.05, 4.69) is 10.0 Å². The Bertz CT molecular complexity index is 842. The monoisotopic (exact) mass is 378 g/mol. The van der Waals surface area contributed by atoms with E-state index in [9.17, 15) is 13.2 Å². The maximum absolute atomic E-state index is 12.8. The number of rotatable bonds is 8. The standard InChI is InChI=1S/C19H26N2O4S/c1-13(2)10-17(19(22)20-12-16-6-5-9-25-16)21-26(23,24)18-8-7-14(3)11-15(18)4/h5-9,11,13,17,21H,10,12H2,1-4H3,(H,20,22)/t17-/m1/s1. The molecule has 6 nitrogen and oxygen atoms in total. The second-order valence-corrected chi connectivity index (χ2v) is 8.55. The summed E-state index contributed by atoms with van der Waals surface area (Å²) in [6, 6.07) is 7.75. The van der Waals surface area contributed by atoms with E-state index >= 15 is 0 Å². The van der Waals surface area contributed by atoms with Crippen LogP contribution in [0.1, 0.15) is 37.2 Å². The molecule has 0 aliphatic rings. The zero-order valence-electron chi connectivity index (χ0n) is 15.6. The van der Waals surface area contributed by atoms with Gasteiger partial charge in [0.05, 0.1) is 17.7 Å². The zero-order chi connectivity index (χ0) is 19.3. The van der Waals surface area contributed by atoms with Gasteiger partial charge in [0.15, 0.2) is 0 Å². The second kappa shape index (κ2) is 8.51. The van der Waals surface area contributed by atoms with Gasteiger partial charge < -0.3 is 9.73 Å². The molecule has 2 aromatic rings. The first-order valence-electron chi connectivity index (χ1n) is 8.58. The van der Waals surface area contributed by atoms with Crippen molar-refractivity contribution in [1.82, 2.24) is 10.0 Å². The largest absolute Gasteiger partial charge is 0.467 e. The maximum atomic E-state index is 12.8. The Balaban J connectivity index is 2.16. The quantitative estimate of drug-likeness (QED) is 0.739. The molecular formula is C19H26N2O4S. The Morgan fingerprint density at radius 3 is 2.50 bits per heavy atom. The molecule has 1 aromatic heterocycles. The molecule has 2 N–H and O–H groups in total. The van der Waals surface area contributed by atoms with E-state index in [0.717, 1.165) is 5.56 Å². The first-order chi connectivity index (χ1) is 12.2. The van der Waals surface area contributed by atoms with Crippen LogP contribution in [0.4, 0.5) is 0 Å². The summed E-state index contributed by atoms with van der Waals surface area (Å²) in [5, 5.41) is 2.73. The van der Waals surface area contributed by atoms with Crippen LogP contribution in [0.5, 0.6) is 0 Å². The molecule has 1 atom stereocenters. The van der Waals surface area contributed by atoms with Crippen molar-refractivity contribution in [2.45, 2.75) is 51.6 Å². The van der Waals surface area contributed by atoms with Gasteiger partial charge in [0.25, 0.3) is 0 Å². The summed E-state index contributed by atoms with van der Waals surface area (Å²) in [6.45, 7) is 7.75. The highest BCUT2D eigenvalue weighted by molar-refractivity contribution is 7.89. The summed E-state index contributed by atoms with van der Waals surface area (Å²) >= 11 is 0. The molecule has 7 heteroatoms. The highest BCUT2D eigenvalue weighted by Crippen LogP contribution is 2.18. The minimum atomic E-state index is -3.80. The third-order valence-electron chi connectivity index (χ3n) is 3.96. The maximum Gasteiger partial charge on any atom is 0.241 e. The highest BCUT2D eigenvalue weighted by Gasteiger charge is 2.27. The van der Waals surface area contributed by atoms with Crippen LogP contribution in [0.2, 0.25) is 0 Å². The fraction of sp³-hybridized carbons (Fsp3) is 0.421. The first kappa shape index (κ1) is 20.2. The van der Waals surface area contributed by atoms with Gasteiger partial charge in [-0.15, -0.1) is 0 Å². The van der Waals surface area contributed by atoms with Crippen molar-refractivity contribution in [1.29, 1.82) is 0 Å². The van der Waals surface area contributed by atoms with Crippen LogP contribution in [-0.2, 0) is 21.4 Å². The topological polar surface area (TPSA) is 88.4 Å². The number of hydrogen-bond donors (Lipinski definition) is 2. The van der Waals surface area contributed by atoms with Crippen molar-refractivity contribution in [3.8, 4) is 0 Å². The number of sulfonamides is 1. The fourth-order valence-electron chi connectivity index (χ4n) is 2.74. The molecule has 1 heterocycles. The van der Waals surface area contributed by atoms with E-state index in [1.165, 1.54) is 6.26 Å². The third kappa shape index (κ3) is 5.44. The van der Waals surface area contributed by atoms with Crippen molar-refractivity contribution in [2.24, 2.45) is 5.92 Å². The SMILES string of the molecule is Cc1ccc(S(=O)(=O)N[C@H](CC(C)C)C(=O)NCc2ccco2)c(C)c1. The second-order valence-electron chi connectivity index (χ2n) is 6.87.